The zero-order valence-electron chi connectivity index (χ0n) is 10.8. The number of aliphatic carboxylic acids is 1. The van der Waals surface area contributed by atoms with Gasteiger partial charge < -0.3 is 5.11 Å². The first-order valence-electron chi connectivity index (χ1n) is 6.88. The normalized spacial score (nSPS) is 21.6. The molecule has 1 rings (SSSR count). The lowest BCUT2D eigenvalue weighted by Crippen LogP contribution is -2.35. The fraction of sp³-hybridized carbons (Fsp3) is 0.929. The molecular formula is C14H26O2. The molecule has 94 valence electrons. The van der Waals surface area contributed by atoms with Crippen molar-refractivity contribution in [1.29, 1.82) is 0 Å². The Morgan fingerprint density at radius 3 is 2.31 bits per heavy atom. The van der Waals surface area contributed by atoms with Gasteiger partial charge in [-0.3, -0.25) is 4.79 Å². The first-order chi connectivity index (χ1) is 7.64. The quantitative estimate of drug-likeness (QED) is 0.735. The van der Waals surface area contributed by atoms with Crippen LogP contribution in [0.1, 0.15) is 71.6 Å². The molecule has 1 N–H and O–H groups in total. The molecule has 0 radical (unpaired) electrons. The van der Waals surface area contributed by atoms with E-state index in [0.717, 1.165) is 38.5 Å². The van der Waals surface area contributed by atoms with Crippen molar-refractivity contribution in [3.8, 4) is 0 Å². The van der Waals surface area contributed by atoms with Crippen molar-refractivity contribution >= 4 is 5.97 Å². The summed E-state index contributed by atoms with van der Waals surface area (Å²) in [5, 5.41) is 9.50. The maximum Gasteiger partial charge on any atom is 0.309 e. The Bertz CT molecular complexity index is 217. The minimum Gasteiger partial charge on any atom is -0.481 e. The van der Waals surface area contributed by atoms with Gasteiger partial charge in [-0.15, -0.1) is 0 Å². The summed E-state index contributed by atoms with van der Waals surface area (Å²) in [4.78, 5) is 11.5. The lowest BCUT2D eigenvalue weighted by molar-refractivity contribution is -0.152. The smallest absolute Gasteiger partial charge is 0.309 e. The molecule has 0 aromatic carbocycles. The molecule has 0 heterocycles. The Morgan fingerprint density at radius 2 is 1.88 bits per heavy atom. The van der Waals surface area contributed by atoms with Crippen molar-refractivity contribution < 1.29 is 9.90 Å². The van der Waals surface area contributed by atoms with E-state index in [1.807, 2.05) is 0 Å². The molecular weight excluding hydrogens is 200 g/mol. The van der Waals surface area contributed by atoms with Gasteiger partial charge in [-0.05, 0) is 25.2 Å². The second-order valence-electron chi connectivity index (χ2n) is 5.41. The highest BCUT2D eigenvalue weighted by molar-refractivity contribution is 5.74. The van der Waals surface area contributed by atoms with Crippen LogP contribution in [-0.4, -0.2) is 11.1 Å². The fourth-order valence-electron chi connectivity index (χ4n) is 3.15. The van der Waals surface area contributed by atoms with E-state index in [9.17, 15) is 9.90 Å². The van der Waals surface area contributed by atoms with Gasteiger partial charge >= 0.3 is 5.97 Å². The third-order valence-corrected chi connectivity index (χ3v) is 4.22. The molecule has 1 saturated carbocycles. The predicted molar refractivity (Wildman–Crippen MR) is 66.5 cm³/mol. The molecule has 1 atom stereocenters. The molecule has 0 saturated heterocycles. The molecule has 0 bridgehead atoms. The van der Waals surface area contributed by atoms with Crippen LogP contribution in [0.3, 0.4) is 0 Å². The molecule has 0 amide bonds. The second-order valence-corrected chi connectivity index (χ2v) is 5.41. The molecule has 2 heteroatoms. The van der Waals surface area contributed by atoms with Crippen molar-refractivity contribution in [3.63, 3.8) is 0 Å². The maximum atomic E-state index is 11.5. The van der Waals surface area contributed by atoms with Gasteiger partial charge in [-0.25, -0.2) is 0 Å². The Hall–Kier alpha value is -0.530. The van der Waals surface area contributed by atoms with Gasteiger partial charge in [0.05, 0.1) is 5.41 Å². The Kier molecular flexibility index (Phi) is 5.30. The second kappa shape index (κ2) is 6.27. The molecule has 1 unspecified atom stereocenters. The molecule has 16 heavy (non-hydrogen) atoms. The first-order valence-corrected chi connectivity index (χ1v) is 6.88. The van der Waals surface area contributed by atoms with Crippen LogP contribution in [0.5, 0.6) is 0 Å². The Morgan fingerprint density at radius 1 is 1.25 bits per heavy atom. The number of hydrogen-bond donors (Lipinski definition) is 1. The molecule has 0 aromatic heterocycles. The highest BCUT2D eigenvalue weighted by Gasteiger charge is 2.40. The lowest BCUT2D eigenvalue weighted by atomic mass is 9.68. The average Bonchev–Trinajstić information content (AvgIpc) is 2.29. The van der Waals surface area contributed by atoms with Crippen LogP contribution < -0.4 is 0 Å². The third kappa shape index (κ3) is 3.23. The van der Waals surface area contributed by atoms with Gasteiger partial charge in [-0.2, -0.15) is 0 Å². The summed E-state index contributed by atoms with van der Waals surface area (Å²) in [6, 6.07) is 0. The standard InChI is InChI=1S/C14H26O2/c1-3-8-12(4-2)11-14(13(15)16)9-6-5-7-10-14/h12H,3-11H2,1-2H3,(H,15,16). The van der Waals surface area contributed by atoms with Crippen molar-refractivity contribution in [2.24, 2.45) is 11.3 Å². The molecule has 0 aromatic rings. The van der Waals surface area contributed by atoms with E-state index < -0.39 is 5.97 Å². The summed E-state index contributed by atoms with van der Waals surface area (Å²) in [5.74, 6) is 0.0703. The summed E-state index contributed by atoms with van der Waals surface area (Å²) >= 11 is 0. The van der Waals surface area contributed by atoms with Gasteiger partial charge in [0.25, 0.3) is 0 Å². The van der Waals surface area contributed by atoms with Gasteiger partial charge in [0.15, 0.2) is 0 Å². The summed E-state index contributed by atoms with van der Waals surface area (Å²) in [5.41, 5.74) is -0.381. The number of rotatable bonds is 6. The van der Waals surface area contributed by atoms with E-state index in [0.29, 0.717) is 5.92 Å². The molecule has 0 aliphatic heterocycles. The van der Waals surface area contributed by atoms with Crippen molar-refractivity contribution in [3.05, 3.63) is 0 Å². The largest absolute Gasteiger partial charge is 0.481 e. The minimum atomic E-state index is -0.540. The molecule has 1 fully saturated rings. The van der Waals surface area contributed by atoms with Gasteiger partial charge in [-0.1, -0.05) is 52.4 Å². The van der Waals surface area contributed by atoms with E-state index in [1.165, 1.54) is 19.3 Å². The third-order valence-electron chi connectivity index (χ3n) is 4.22. The summed E-state index contributed by atoms with van der Waals surface area (Å²) in [6.07, 6.45) is 9.64. The van der Waals surface area contributed by atoms with E-state index >= 15 is 0 Å². The van der Waals surface area contributed by atoms with Crippen LogP contribution in [0.15, 0.2) is 0 Å². The van der Waals surface area contributed by atoms with Crippen molar-refractivity contribution in [2.75, 3.05) is 0 Å². The average molecular weight is 226 g/mol. The number of carboxylic acids is 1. The van der Waals surface area contributed by atoms with Gasteiger partial charge in [0.2, 0.25) is 0 Å². The lowest BCUT2D eigenvalue weighted by Gasteiger charge is -2.36. The fourth-order valence-corrected chi connectivity index (χ4v) is 3.15. The van der Waals surface area contributed by atoms with Crippen molar-refractivity contribution in [1.82, 2.24) is 0 Å². The van der Waals surface area contributed by atoms with Gasteiger partial charge in [0.1, 0.15) is 0 Å². The molecule has 1 aliphatic rings. The highest BCUT2D eigenvalue weighted by atomic mass is 16.4. The van der Waals surface area contributed by atoms with Crippen LogP contribution in [0, 0.1) is 11.3 Å². The van der Waals surface area contributed by atoms with Crippen LogP contribution in [0.4, 0.5) is 0 Å². The number of carbonyl (C=O) groups is 1. The zero-order chi connectivity index (χ0) is 12.0. The van der Waals surface area contributed by atoms with Crippen LogP contribution >= 0.6 is 0 Å². The SMILES string of the molecule is CCCC(CC)CC1(C(=O)O)CCCCC1. The van der Waals surface area contributed by atoms with Gasteiger partial charge in [0, 0.05) is 0 Å². The summed E-state index contributed by atoms with van der Waals surface area (Å²) < 4.78 is 0. The van der Waals surface area contributed by atoms with E-state index in [1.54, 1.807) is 0 Å². The van der Waals surface area contributed by atoms with Crippen LogP contribution in [-0.2, 0) is 4.79 Å². The molecule has 1 aliphatic carbocycles. The number of hydrogen-bond acceptors (Lipinski definition) is 1. The maximum absolute atomic E-state index is 11.5. The zero-order valence-corrected chi connectivity index (χ0v) is 10.8. The van der Waals surface area contributed by atoms with Crippen molar-refractivity contribution in [2.45, 2.75) is 71.6 Å². The Balaban J connectivity index is 2.65. The van der Waals surface area contributed by atoms with Crippen LogP contribution in [0.25, 0.3) is 0 Å². The highest BCUT2D eigenvalue weighted by Crippen LogP contribution is 2.43. The van der Waals surface area contributed by atoms with E-state index in [4.69, 9.17) is 0 Å². The first kappa shape index (κ1) is 13.5. The van der Waals surface area contributed by atoms with Crippen LogP contribution in [0.2, 0.25) is 0 Å². The summed E-state index contributed by atoms with van der Waals surface area (Å²) in [6.45, 7) is 4.38. The Labute approximate surface area is 99.4 Å². The predicted octanol–water partition coefficient (Wildman–Crippen LogP) is 4.24. The monoisotopic (exact) mass is 226 g/mol. The molecule has 0 spiro atoms. The number of carboxylic acid groups (broad SMARTS) is 1. The van der Waals surface area contributed by atoms with E-state index in [2.05, 4.69) is 13.8 Å². The van der Waals surface area contributed by atoms with E-state index in [-0.39, 0.29) is 5.41 Å². The summed E-state index contributed by atoms with van der Waals surface area (Å²) in [7, 11) is 0. The minimum absolute atomic E-state index is 0.381. The topological polar surface area (TPSA) is 37.3 Å². The molecule has 2 nitrogen and oxygen atoms in total.